The van der Waals surface area contributed by atoms with Crippen LogP contribution in [0.1, 0.15) is 52.0 Å². The highest BCUT2D eigenvalue weighted by Gasteiger charge is 2.31. The molecule has 1 aromatic rings. The standard InChI is InChI=1S/C17H27NO/c1-13(2)14-7-9-16(10-8-14)18-11-5-6-15(12-18)17(3,4)19/h7-10,13,15,19H,5-6,11-12H2,1-4H3/t15-/m0/s1. The van der Waals surface area contributed by atoms with E-state index in [2.05, 4.69) is 43.0 Å². The fourth-order valence-corrected chi connectivity index (χ4v) is 2.86. The number of piperidine rings is 1. The van der Waals surface area contributed by atoms with E-state index in [1.807, 2.05) is 13.8 Å². The van der Waals surface area contributed by atoms with E-state index in [0.29, 0.717) is 11.8 Å². The molecule has 0 bridgehead atoms. The second kappa shape index (κ2) is 5.54. The maximum Gasteiger partial charge on any atom is 0.0636 e. The summed E-state index contributed by atoms with van der Waals surface area (Å²) >= 11 is 0. The summed E-state index contributed by atoms with van der Waals surface area (Å²) in [6, 6.07) is 8.91. The van der Waals surface area contributed by atoms with Crippen LogP contribution in [0, 0.1) is 5.92 Å². The van der Waals surface area contributed by atoms with Crippen LogP contribution in [0.2, 0.25) is 0 Å². The van der Waals surface area contributed by atoms with Gasteiger partial charge in [0.05, 0.1) is 5.60 Å². The molecular weight excluding hydrogens is 234 g/mol. The monoisotopic (exact) mass is 261 g/mol. The molecule has 1 aromatic carbocycles. The molecule has 0 saturated carbocycles. The van der Waals surface area contributed by atoms with Crippen LogP contribution in [0.4, 0.5) is 5.69 Å². The van der Waals surface area contributed by atoms with Crippen molar-refractivity contribution in [2.45, 2.75) is 52.1 Å². The van der Waals surface area contributed by atoms with Gasteiger partial charge in [0.15, 0.2) is 0 Å². The molecule has 1 aliphatic rings. The van der Waals surface area contributed by atoms with E-state index in [0.717, 1.165) is 19.5 Å². The first-order chi connectivity index (χ1) is 8.88. The molecule has 2 nitrogen and oxygen atoms in total. The molecule has 2 rings (SSSR count). The maximum absolute atomic E-state index is 10.2. The third kappa shape index (κ3) is 3.50. The molecule has 1 saturated heterocycles. The first kappa shape index (κ1) is 14.4. The predicted molar refractivity (Wildman–Crippen MR) is 81.8 cm³/mol. The lowest BCUT2D eigenvalue weighted by Crippen LogP contribution is -2.44. The first-order valence-corrected chi connectivity index (χ1v) is 7.45. The lowest BCUT2D eigenvalue weighted by molar-refractivity contribution is 0.0110. The molecular formula is C17H27NO. The van der Waals surface area contributed by atoms with Crippen LogP contribution in [0.25, 0.3) is 0 Å². The van der Waals surface area contributed by atoms with Crippen LogP contribution in [0.15, 0.2) is 24.3 Å². The van der Waals surface area contributed by atoms with E-state index in [9.17, 15) is 5.11 Å². The summed E-state index contributed by atoms with van der Waals surface area (Å²) in [4.78, 5) is 2.41. The molecule has 0 aliphatic carbocycles. The molecule has 1 heterocycles. The molecule has 0 amide bonds. The Labute approximate surface area is 117 Å². The van der Waals surface area contributed by atoms with E-state index in [4.69, 9.17) is 0 Å². The zero-order valence-corrected chi connectivity index (χ0v) is 12.7. The van der Waals surface area contributed by atoms with E-state index >= 15 is 0 Å². The number of hydrogen-bond donors (Lipinski definition) is 1. The van der Waals surface area contributed by atoms with Crippen LogP contribution < -0.4 is 4.90 Å². The molecule has 106 valence electrons. The molecule has 1 atom stereocenters. The Morgan fingerprint density at radius 2 is 1.84 bits per heavy atom. The first-order valence-electron chi connectivity index (χ1n) is 7.45. The van der Waals surface area contributed by atoms with Crippen molar-refractivity contribution >= 4 is 5.69 Å². The lowest BCUT2D eigenvalue weighted by atomic mass is 9.84. The van der Waals surface area contributed by atoms with Gasteiger partial charge >= 0.3 is 0 Å². The molecule has 0 spiro atoms. The van der Waals surface area contributed by atoms with Crippen molar-refractivity contribution in [1.82, 2.24) is 0 Å². The Bertz CT molecular complexity index is 402. The fraction of sp³-hybridized carbons (Fsp3) is 0.647. The van der Waals surface area contributed by atoms with Gasteiger partial charge in [-0.25, -0.2) is 0 Å². The Balaban J connectivity index is 2.09. The van der Waals surface area contributed by atoms with Gasteiger partial charge in [-0.1, -0.05) is 26.0 Å². The summed E-state index contributed by atoms with van der Waals surface area (Å²) in [5.74, 6) is 0.950. The number of rotatable bonds is 3. The third-order valence-corrected chi connectivity index (χ3v) is 4.35. The van der Waals surface area contributed by atoms with Crippen LogP contribution in [-0.2, 0) is 0 Å². The van der Waals surface area contributed by atoms with Crippen molar-refractivity contribution in [1.29, 1.82) is 0 Å². The molecule has 0 aromatic heterocycles. The zero-order valence-electron chi connectivity index (χ0n) is 12.7. The predicted octanol–water partition coefficient (Wildman–Crippen LogP) is 3.80. The van der Waals surface area contributed by atoms with Crippen LogP contribution in [0.5, 0.6) is 0 Å². The van der Waals surface area contributed by atoms with Crippen molar-refractivity contribution in [2.24, 2.45) is 5.92 Å². The van der Waals surface area contributed by atoms with Gasteiger partial charge in [0.2, 0.25) is 0 Å². The van der Waals surface area contributed by atoms with Crippen LogP contribution in [-0.4, -0.2) is 23.8 Å². The highest BCUT2D eigenvalue weighted by atomic mass is 16.3. The Morgan fingerprint density at radius 1 is 1.21 bits per heavy atom. The SMILES string of the molecule is CC(C)c1ccc(N2CCC[C@H](C(C)(C)O)C2)cc1. The quantitative estimate of drug-likeness (QED) is 0.894. The highest BCUT2D eigenvalue weighted by Crippen LogP contribution is 2.30. The van der Waals surface area contributed by atoms with E-state index in [1.165, 1.54) is 17.7 Å². The molecule has 2 heteroatoms. The largest absolute Gasteiger partial charge is 0.390 e. The maximum atomic E-state index is 10.2. The van der Waals surface area contributed by atoms with E-state index in [-0.39, 0.29) is 0 Å². The zero-order chi connectivity index (χ0) is 14.0. The highest BCUT2D eigenvalue weighted by molar-refractivity contribution is 5.48. The number of aliphatic hydroxyl groups is 1. The van der Waals surface area contributed by atoms with Gasteiger partial charge in [-0.2, -0.15) is 0 Å². The summed E-state index contributed by atoms with van der Waals surface area (Å²) in [5.41, 5.74) is 2.11. The van der Waals surface area contributed by atoms with Crippen molar-refractivity contribution in [3.05, 3.63) is 29.8 Å². The van der Waals surface area contributed by atoms with Crippen molar-refractivity contribution in [3.8, 4) is 0 Å². The molecule has 19 heavy (non-hydrogen) atoms. The average molecular weight is 261 g/mol. The van der Waals surface area contributed by atoms with Crippen molar-refractivity contribution < 1.29 is 5.11 Å². The lowest BCUT2D eigenvalue weighted by Gasteiger charge is -2.40. The Kier molecular flexibility index (Phi) is 4.19. The summed E-state index contributed by atoms with van der Waals surface area (Å²) in [6.45, 7) is 10.4. The number of anilines is 1. The Morgan fingerprint density at radius 3 is 2.37 bits per heavy atom. The second-order valence-electron chi connectivity index (χ2n) is 6.69. The number of nitrogens with zero attached hydrogens (tertiary/aromatic N) is 1. The minimum atomic E-state index is -0.573. The number of hydrogen-bond acceptors (Lipinski definition) is 2. The molecule has 0 unspecified atom stereocenters. The topological polar surface area (TPSA) is 23.5 Å². The third-order valence-electron chi connectivity index (χ3n) is 4.35. The van der Waals surface area contributed by atoms with Crippen molar-refractivity contribution in [2.75, 3.05) is 18.0 Å². The van der Waals surface area contributed by atoms with Crippen molar-refractivity contribution in [3.63, 3.8) is 0 Å². The minimum absolute atomic E-state index is 0.367. The van der Waals surface area contributed by atoms with Gasteiger partial charge in [-0.3, -0.25) is 0 Å². The van der Waals surface area contributed by atoms with Gasteiger partial charge in [0.1, 0.15) is 0 Å². The van der Waals surface area contributed by atoms with Gasteiger partial charge in [-0.05, 0) is 50.3 Å². The second-order valence-corrected chi connectivity index (χ2v) is 6.69. The molecule has 1 fully saturated rings. The van der Waals surface area contributed by atoms with Gasteiger partial charge in [0.25, 0.3) is 0 Å². The van der Waals surface area contributed by atoms with E-state index < -0.39 is 5.60 Å². The summed E-state index contributed by atoms with van der Waals surface area (Å²) in [7, 11) is 0. The summed E-state index contributed by atoms with van der Waals surface area (Å²) in [5, 5.41) is 10.2. The summed E-state index contributed by atoms with van der Waals surface area (Å²) in [6.07, 6.45) is 2.30. The smallest absolute Gasteiger partial charge is 0.0636 e. The van der Waals surface area contributed by atoms with E-state index in [1.54, 1.807) is 0 Å². The molecule has 1 N–H and O–H groups in total. The fourth-order valence-electron chi connectivity index (χ4n) is 2.86. The molecule has 1 aliphatic heterocycles. The van der Waals surface area contributed by atoms with Crippen LogP contribution >= 0.6 is 0 Å². The van der Waals surface area contributed by atoms with Gasteiger partial charge in [0, 0.05) is 24.7 Å². The molecule has 0 radical (unpaired) electrons. The van der Waals surface area contributed by atoms with Gasteiger partial charge < -0.3 is 10.0 Å². The van der Waals surface area contributed by atoms with Gasteiger partial charge in [-0.15, -0.1) is 0 Å². The number of benzene rings is 1. The average Bonchev–Trinajstić information content (AvgIpc) is 2.38. The van der Waals surface area contributed by atoms with Crippen LogP contribution in [0.3, 0.4) is 0 Å². The normalized spacial score (nSPS) is 20.9. The summed E-state index contributed by atoms with van der Waals surface area (Å²) < 4.78 is 0. The Hall–Kier alpha value is -1.02. The minimum Gasteiger partial charge on any atom is -0.390 e.